The van der Waals surface area contributed by atoms with Crippen molar-refractivity contribution in [2.45, 2.75) is 51.9 Å². The van der Waals surface area contributed by atoms with Crippen molar-refractivity contribution in [2.24, 2.45) is 13.0 Å². The lowest BCUT2D eigenvalue weighted by Crippen LogP contribution is -2.36. The van der Waals surface area contributed by atoms with Crippen molar-refractivity contribution in [3.05, 3.63) is 29.2 Å². The maximum absolute atomic E-state index is 13.7. The highest BCUT2D eigenvalue weighted by atomic mass is 19.4. The molecular formula is C18H25F3N6O. The first-order valence-corrected chi connectivity index (χ1v) is 9.31. The van der Waals surface area contributed by atoms with E-state index in [0.717, 1.165) is 11.1 Å². The molecule has 1 aliphatic heterocycles. The maximum Gasteiger partial charge on any atom is 0.410 e. The summed E-state index contributed by atoms with van der Waals surface area (Å²) in [6, 6.07) is -1.01. The van der Waals surface area contributed by atoms with Crippen LogP contribution in [0.4, 0.5) is 19.0 Å². The number of amides is 1. The van der Waals surface area contributed by atoms with Crippen molar-refractivity contribution >= 4 is 11.7 Å². The van der Waals surface area contributed by atoms with Gasteiger partial charge in [0, 0.05) is 37.8 Å². The van der Waals surface area contributed by atoms with E-state index in [9.17, 15) is 18.0 Å². The van der Waals surface area contributed by atoms with Crippen molar-refractivity contribution in [3.63, 3.8) is 0 Å². The molecule has 0 saturated heterocycles. The molecule has 0 saturated carbocycles. The van der Waals surface area contributed by atoms with Crippen LogP contribution in [0.2, 0.25) is 0 Å². The number of hydrogen-bond donors (Lipinski definition) is 2. The van der Waals surface area contributed by atoms with Crippen LogP contribution in [0, 0.1) is 12.8 Å². The van der Waals surface area contributed by atoms with Gasteiger partial charge in [-0.2, -0.15) is 23.4 Å². The zero-order valence-corrected chi connectivity index (χ0v) is 16.3. The molecule has 10 heteroatoms. The van der Waals surface area contributed by atoms with E-state index in [0.29, 0.717) is 17.8 Å². The number of anilines is 1. The molecular weight excluding hydrogens is 373 g/mol. The minimum Gasteiger partial charge on any atom is -0.363 e. The SMILES string of the molecule is CCC(C)CNC(=O)c1cc2n(n1)[C@@H](C(F)(F)F)C[C@@H](c1cn(C)nc1C)N2. The van der Waals surface area contributed by atoms with Crippen LogP contribution >= 0.6 is 0 Å². The molecule has 2 N–H and O–H groups in total. The van der Waals surface area contributed by atoms with Gasteiger partial charge in [0.2, 0.25) is 0 Å². The molecule has 0 aromatic carbocycles. The lowest BCUT2D eigenvalue weighted by molar-refractivity contribution is -0.173. The van der Waals surface area contributed by atoms with Crippen molar-refractivity contribution in [1.29, 1.82) is 0 Å². The highest BCUT2D eigenvalue weighted by Crippen LogP contribution is 2.44. The standard InChI is InChI=1S/C18H25F3N6O/c1-5-10(2)8-22-17(28)14-7-16-23-13(12-9-26(4)24-11(12)3)6-15(18(19,20)21)27(16)25-14/h7,9-10,13,15,23H,5-6,8H2,1-4H3,(H,22,28)/t10?,13-,15+/m0/s1. The number of aryl methyl sites for hydroxylation is 2. The van der Waals surface area contributed by atoms with E-state index in [2.05, 4.69) is 20.8 Å². The fourth-order valence-electron chi connectivity index (χ4n) is 3.35. The predicted molar refractivity (Wildman–Crippen MR) is 98.0 cm³/mol. The van der Waals surface area contributed by atoms with Gasteiger partial charge in [0.05, 0.1) is 11.7 Å². The van der Waals surface area contributed by atoms with Crippen molar-refractivity contribution in [1.82, 2.24) is 24.9 Å². The third-order valence-corrected chi connectivity index (χ3v) is 5.16. The van der Waals surface area contributed by atoms with E-state index in [1.807, 2.05) is 13.8 Å². The quantitative estimate of drug-likeness (QED) is 0.810. The zero-order chi connectivity index (χ0) is 20.6. The molecule has 7 nitrogen and oxygen atoms in total. The topological polar surface area (TPSA) is 76.8 Å². The molecule has 28 heavy (non-hydrogen) atoms. The molecule has 3 rings (SSSR count). The first-order chi connectivity index (χ1) is 13.1. The van der Waals surface area contributed by atoms with Gasteiger partial charge < -0.3 is 10.6 Å². The van der Waals surface area contributed by atoms with Crippen LogP contribution < -0.4 is 10.6 Å². The Labute approximate surface area is 161 Å². The summed E-state index contributed by atoms with van der Waals surface area (Å²) in [6.45, 7) is 6.20. The highest BCUT2D eigenvalue weighted by Gasteiger charge is 2.47. The van der Waals surface area contributed by atoms with E-state index >= 15 is 0 Å². The number of alkyl halides is 3. The molecule has 1 amide bonds. The van der Waals surface area contributed by atoms with Gasteiger partial charge in [-0.15, -0.1) is 0 Å². The van der Waals surface area contributed by atoms with Gasteiger partial charge in [-0.3, -0.25) is 9.48 Å². The largest absolute Gasteiger partial charge is 0.410 e. The van der Waals surface area contributed by atoms with Gasteiger partial charge in [0.1, 0.15) is 5.82 Å². The predicted octanol–water partition coefficient (Wildman–Crippen LogP) is 3.36. The third kappa shape index (κ3) is 4.00. The Bertz CT molecular complexity index is 856. The Hall–Kier alpha value is -2.52. The highest BCUT2D eigenvalue weighted by molar-refractivity contribution is 5.93. The number of nitrogens with one attached hydrogen (secondary N) is 2. The van der Waals surface area contributed by atoms with E-state index in [1.54, 1.807) is 24.9 Å². The van der Waals surface area contributed by atoms with Gasteiger partial charge in [-0.05, 0) is 12.8 Å². The summed E-state index contributed by atoms with van der Waals surface area (Å²) in [7, 11) is 1.73. The van der Waals surface area contributed by atoms with Gasteiger partial charge in [0.25, 0.3) is 5.91 Å². The van der Waals surface area contributed by atoms with Gasteiger partial charge >= 0.3 is 6.18 Å². The summed E-state index contributed by atoms with van der Waals surface area (Å²) in [5, 5.41) is 14.0. The van der Waals surface area contributed by atoms with E-state index in [-0.39, 0.29) is 23.9 Å². The Morgan fingerprint density at radius 2 is 2.14 bits per heavy atom. The summed E-state index contributed by atoms with van der Waals surface area (Å²) < 4.78 is 43.6. The fraction of sp³-hybridized carbons (Fsp3) is 0.611. The number of halogens is 3. The van der Waals surface area contributed by atoms with Crippen molar-refractivity contribution in [2.75, 3.05) is 11.9 Å². The number of fused-ring (bicyclic) bond motifs is 1. The first-order valence-electron chi connectivity index (χ1n) is 9.31. The normalized spacial score (nSPS) is 20.4. The Balaban J connectivity index is 1.90. The van der Waals surface area contributed by atoms with Crippen molar-refractivity contribution < 1.29 is 18.0 Å². The van der Waals surface area contributed by atoms with Crippen LogP contribution in [0.3, 0.4) is 0 Å². The van der Waals surface area contributed by atoms with Crippen LogP contribution in [0.15, 0.2) is 12.3 Å². The molecule has 0 aliphatic carbocycles. The second-order valence-corrected chi connectivity index (χ2v) is 7.42. The zero-order valence-electron chi connectivity index (χ0n) is 16.3. The second-order valence-electron chi connectivity index (χ2n) is 7.42. The summed E-state index contributed by atoms with van der Waals surface area (Å²) >= 11 is 0. The molecule has 0 fully saturated rings. The number of nitrogens with zero attached hydrogens (tertiary/aromatic N) is 4. The van der Waals surface area contributed by atoms with Gasteiger partial charge in [-0.1, -0.05) is 20.3 Å². The minimum atomic E-state index is -4.48. The second kappa shape index (κ2) is 7.48. The Morgan fingerprint density at radius 3 is 2.71 bits per heavy atom. The summed E-state index contributed by atoms with van der Waals surface area (Å²) in [6.07, 6.45) is -2.10. The molecule has 2 aromatic rings. The van der Waals surface area contributed by atoms with E-state index in [4.69, 9.17) is 0 Å². The molecule has 1 unspecified atom stereocenters. The lowest BCUT2D eigenvalue weighted by atomic mass is 9.97. The van der Waals surface area contributed by atoms with E-state index < -0.39 is 24.2 Å². The van der Waals surface area contributed by atoms with Gasteiger partial charge in [0.15, 0.2) is 11.7 Å². The minimum absolute atomic E-state index is 0.0244. The number of aromatic nitrogens is 4. The molecule has 0 spiro atoms. The molecule has 3 heterocycles. The molecule has 3 atom stereocenters. The fourth-order valence-corrected chi connectivity index (χ4v) is 3.35. The van der Waals surface area contributed by atoms with Crippen LogP contribution in [-0.2, 0) is 7.05 Å². The third-order valence-electron chi connectivity index (χ3n) is 5.16. The number of hydrogen-bond acceptors (Lipinski definition) is 4. The number of carbonyl (C=O) groups is 1. The Morgan fingerprint density at radius 1 is 1.43 bits per heavy atom. The summed E-state index contributed by atoms with van der Waals surface area (Å²) in [4.78, 5) is 12.3. The molecule has 0 radical (unpaired) electrons. The van der Waals surface area contributed by atoms with E-state index in [1.165, 1.54) is 6.07 Å². The summed E-state index contributed by atoms with van der Waals surface area (Å²) in [5.41, 5.74) is 1.34. The molecule has 0 bridgehead atoms. The van der Waals surface area contributed by atoms with Crippen LogP contribution in [0.5, 0.6) is 0 Å². The van der Waals surface area contributed by atoms with Gasteiger partial charge in [-0.25, -0.2) is 4.68 Å². The smallest absolute Gasteiger partial charge is 0.363 e. The van der Waals surface area contributed by atoms with Crippen molar-refractivity contribution in [3.8, 4) is 0 Å². The first kappa shape index (κ1) is 20.2. The summed E-state index contributed by atoms with van der Waals surface area (Å²) in [5.74, 6) is -0.0188. The molecule has 2 aromatic heterocycles. The number of rotatable bonds is 5. The maximum atomic E-state index is 13.7. The Kier molecular flexibility index (Phi) is 5.40. The monoisotopic (exact) mass is 398 g/mol. The average Bonchev–Trinajstić information content (AvgIpc) is 3.19. The van der Waals surface area contributed by atoms with Crippen LogP contribution in [0.25, 0.3) is 0 Å². The molecule has 154 valence electrons. The lowest BCUT2D eigenvalue weighted by Gasteiger charge is -2.33. The number of carbonyl (C=O) groups excluding carboxylic acids is 1. The van der Waals surface area contributed by atoms with Crippen LogP contribution in [0.1, 0.15) is 60.5 Å². The molecule has 1 aliphatic rings. The van der Waals surface area contributed by atoms with Crippen LogP contribution in [-0.4, -0.2) is 38.2 Å². The average molecular weight is 398 g/mol.